The summed E-state index contributed by atoms with van der Waals surface area (Å²) in [6.07, 6.45) is -11.5. The molecule has 30 heavy (non-hydrogen) atoms. The number of halogens is 6. The summed E-state index contributed by atoms with van der Waals surface area (Å²) in [7, 11) is 0. The number of nitrogens with zero attached hydrogens (tertiary/aromatic N) is 1. The number of alkyl halides is 6. The van der Waals surface area contributed by atoms with E-state index in [0.29, 0.717) is 0 Å². The second kappa shape index (κ2) is 7.47. The van der Waals surface area contributed by atoms with E-state index >= 15 is 0 Å². The molecule has 0 aliphatic heterocycles. The predicted octanol–water partition coefficient (Wildman–Crippen LogP) is 4.88. The SMILES string of the molecule is C[C@@H](OC(=O)c1cc(C(F)(F)F)cc(C(F)(F)F)c1)c1nc2ccccc2c(=O)[nH]1. The summed E-state index contributed by atoms with van der Waals surface area (Å²) in [5.41, 5.74) is -4.50. The van der Waals surface area contributed by atoms with Gasteiger partial charge in [-0.1, -0.05) is 12.1 Å². The third kappa shape index (κ3) is 4.44. The molecule has 1 heterocycles. The molecule has 3 rings (SSSR count). The molecule has 0 bridgehead atoms. The number of carbonyl (C=O) groups is 1. The molecule has 0 saturated heterocycles. The van der Waals surface area contributed by atoms with E-state index in [2.05, 4.69) is 9.97 Å². The van der Waals surface area contributed by atoms with Gasteiger partial charge in [-0.3, -0.25) is 4.79 Å². The Morgan fingerprint density at radius 2 is 1.57 bits per heavy atom. The number of carbonyl (C=O) groups excluding carboxylic acids is 1. The van der Waals surface area contributed by atoms with Crippen molar-refractivity contribution in [1.82, 2.24) is 9.97 Å². The number of ether oxygens (including phenoxy) is 1. The van der Waals surface area contributed by atoms with Crippen molar-refractivity contribution in [2.24, 2.45) is 0 Å². The average Bonchev–Trinajstić information content (AvgIpc) is 2.66. The molecule has 0 radical (unpaired) electrons. The second-order valence-corrected chi connectivity index (χ2v) is 6.31. The van der Waals surface area contributed by atoms with E-state index in [1.807, 2.05) is 0 Å². The summed E-state index contributed by atoms with van der Waals surface area (Å²) < 4.78 is 82.7. The Morgan fingerprint density at radius 3 is 2.13 bits per heavy atom. The van der Waals surface area contributed by atoms with Crippen molar-refractivity contribution < 1.29 is 35.9 Å². The molecule has 1 N–H and O–H groups in total. The Bertz CT molecular complexity index is 1140. The minimum absolute atomic E-state index is 0.0947. The monoisotopic (exact) mass is 430 g/mol. The standard InChI is InChI=1S/C19H12F6N2O3/c1-9(15-26-14-5-3-2-4-13(14)16(28)27-15)30-17(29)10-6-11(18(20,21)22)8-12(7-10)19(23,24)25/h2-9H,1H3,(H,26,27,28)/t9-/m1/s1. The van der Waals surface area contributed by atoms with Crippen molar-refractivity contribution in [2.75, 3.05) is 0 Å². The van der Waals surface area contributed by atoms with Crippen LogP contribution in [0.15, 0.2) is 47.3 Å². The molecule has 0 unspecified atom stereocenters. The van der Waals surface area contributed by atoms with Gasteiger partial charge in [0, 0.05) is 0 Å². The van der Waals surface area contributed by atoms with E-state index in [9.17, 15) is 35.9 Å². The molecule has 0 aliphatic carbocycles. The van der Waals surface area contributed by atoms with Gasteiger partial charge in [0.1, 0.15) is 0 Å². The van der Waals surface area contributed by atoms with Gasteiger partial charge in [0.2, 0.25) is 0 Å². The number of hydrogen-bond donors (Lipinski definition) is 1. The molecular formula is C19H12F6N2O3. The molecule has 0 fully saturated rings. The first-order valence-electron chi connectivity index (χ1n) is 8.35. The Balaban J connectivity index is 1.94. The summed E-state index contributed by atoms with van der Waals surface area (Å²) >= 11 is 0. The molecule has 0 spiro atoms. The lowest BCUT2D eigenvalue weighted by Crippen LogP contribution is -2.18. The van der Waals surface area contributed by atoms with Crippen LogP contribution in [-0.2, 0) is 17.1 Å². The van der Waals surface area contributed by atoms with Crippen LogP contribution in [0.4, 0.5) is 26.3 Å². The van der Waals surface area contributed by atoms with Crippen molar-refractivity contribution in [1.29, 1.82) is 0 Å². The van der Waals surface area contributed by atoms with Crippen molar-refractivity contribution in [3.8, 4) is 0 Å². The highest BCUT2D eigenvalue weighted by Gasteiger charge is 2.37. The first-order chi connectivity index (χ1) is 13.9. The van der Waals surface area contributed by atoms with Crippen LogP contribution < -0.4 is 5.56 Å². The highest BCUT2D eigenvalue weighted by atomic mass is 19.4. The highest BCUT2D eigenvalue weighted by molar-refractivity contribution is 5.90. The fourth-order valence-electron chi connectivity index (χ4n) is 2.65. The molecule has 1 atom stereocenters. The van der Waals surface area contributed by atoms with Gasteiger partial charge in [0.15, 0.2) is 11.9 Å². The van der Waals surface area contributed by atoms with Crippen molar-refractivity contribution in [2.45, 2.75) is 25.4 Å². The quantitative estimate of drug-likeness (QED) is 0.475. The summed E-state index contributed by atoms with van der Waals surface area (Å²) in [5.74, 6) is -1.55. The van der Waals surface area contributed by atoms with E-state index in [0.717, 1.165) is 0 Å². The normalized spacial score (nSPS) is 13.3. The maximum Gasteiger partial charge on any atom is 0.416 e. The second-order valence-electron chi connectivity index (χ2n) is 6.31. The molecule has 0 amide bonds. The molecule has 158 valence electrons. The van der Waals surface area contributed by atoms with Gasteiger partial charge >= 0.3 is 18.3 Å². The lowest BCUT2D eigenvalue weighted by molar-refractivity contribution is -0.143. The third-order valence-corrected chi connectivity index (χ3v) is 4.12. The van der Waals surface area contributed by atoms with Gasteiger partial charge in [-0.05, 0) is 37.3 Å². The Morgan fingerprint density at radius 1 is 1.00 bits per heavy atom. The Labute approximate surface area is 164 Å². The average molecular weight is 430 g/mol. The number of aromatic amines is 1. The van der Waals surface area contributed by atoms with Crippen LogP contribution in [0.5, 0.6) is 0 Å². The number of esters is 1. The zero-order valence-electron chi connectivity index (χ0n) is 15.1. The van der Waals surface area contributed by atoms with Crippen LogP contribution in [0.25, 0.3) is 10.9 Å². The molecule has 0 aliphatic rings. The van der Waals surface area contributed by atoms with Crippen LogP contribution in [0.3, 0.4) is 0 Å². The number of para-hydroxylation sites is 1. The summed E-state index contributed by atoms with van der Waals surface area (Å²) in [4.78, 5) is 30.8. The molecule has 0 saturated carbocycles. The van der Waals surface area contributed by atoms with Crippen molar-refractivity contribution in [3.63, 3.8) is 0 Å². The number of rotatable bonds is 3. The van der Waals surface area contributed by atoms with Crippen LogP contribution >= 0.6 is 0 Å². The van der Waals surface area contributed by atoms with Gasteiger partial charge < -0.3 is 9.72 Å². The number of nitrogens with one attached hydrogen (secondary N) is 1. The van der Waals surface area contributed by atoms with Gasteiger partial charge in [-0.15, -0.1) is 0 Å². The molecule has 5 nitrogen and oxygen atoms in total. The van der Waals surface area contributed by atoms with Crippen LogP contribution in [0.1, 0.15) is 40.3 Å². The molecule has 11 heteroatoms. The van der Waals surface area contributed by atoms with Crippen LogP contribution in [-0.4, -0.2) is 15.9 Å². The maximum atomic E-state index is 13.0. The zero-order valence-corrected chi connectivity index (χ0v) is 15.1. The number of H-pyrrole nitrogens is 1. The summed E-state index contributed by atoms with van der Waals surface area (Å²) in [6.45, 7) is 1.27. The lowest BCUT2D eigenvalue weighted by atomic mass is 10.0. The van der Waals surface area contributed by atoms with Crippen molar-refractivity contribution >= 4 is 16.9 Å². The summed E-state index contributed by atoms with van der Waals surface area (Å²) in [6, 6.07) is 6.67. The third-order valence-electron chi connectivity index (χ3n) is 4.12. The minimum Gasteiger partial charge on any atom is -0.451 e. The summed E-state index contributed by atoms with van der Waals surface area (Å²) in [5, 5.41) is 0.257. The number of aromatic nitrogens is 2. The lowest BCUT2D eigenvalue weighted by Gasteiger charge is -2.16. The first kappa shape index (κ1) is 21.3. The van der Waals surface area contributed by atoms with Crippen molar-refractivity contribution in [3.05, 3.63) is 75.3 Å². The van der Waals surface area contributed by atoms with E-state index in [4.69, 9.17) is 4.74 Å². The minimum atomic E-state index is -5.10. The zero-order chi connectivity index (χ0) is 22.3. The number of hydrogen-bond acceptors (Lipinski definition) is 4. The molecule has 3 aromatic rings. The van der Waals surface area contributed by atoms with E-state index < -0.39 is 46.7 Å². The fraction of sp³-hybridized carbons (Fsp3) is 0.211. The highest BCUT2D eigenvalue weighted by Crippen LogP contribution is 2.36. The van der Waals surface area contributed by atoms with E-state index in [-0.39, 0.29) is 34.9 Å². The van der Waals surface area contributed by atoms with E-state index in [1.54, 1.807) is 12.1 Å². The van der Waals surface area contributed by atoms with E-state index in [1.165, 1.54) is 19.1 Å². The largest absolute Gasteiger partial charge is 0.451 e. The predicted molar refractivity (Wildman–Crippen MR) is 92.6 cm³/mol. The molecule has 2 aromatic carbocycles. The van der Waals surface area contributed by atoms with Gasteiger partial charge in [0.25, 0.3) is 5.56 Å². The topological polar surface area (TPSA) is 72.0 Å². The van der Waals surface area contributed by atoms with Gasteiger partial charge in [-0.25, -0.2) is 9.78 Å². The van der Waals surface area contributed by atoms with Gasteiger partial charge in [-0.2, -0.15) is 26.3 Å². The van der Waals surface area contributed by atoms with Crippen LogP contribution in [0.2, 0.25) is 0 Å². The maximum absolute atomic E-state index is 13.0. The van der Waals surface area contributed by atoms with Crippen LogP contribution in [0, 0.1) is 0 Å². The first-order valence-corrected chi connectivity index (χ1v) is 8.35. The number of benzene rings is 2. The Kier molecular flexibility index (Phi) is 5.31. The van der Waals surface area contributed by atoms with Gasteiger partial charge in [0.05, 0.1) is 27.6 Å². The fourth-order valence-corrected chi connectivity index (χ4v) is 2.65. The molecule has 1 aromatic heterocycles. The Hall–Kier alpha value is -3.37. The molecular weight excluding hydrogens is 418 g/mol. The smallest absolute Gasteiger partial charge is 0.416 e. The number of fused-ring (bicyclic) bond motifs is 1.